The van der Waals surface area contributed by atoms with Gasteiger partial charge in [-0.05, 0) is 17.0 Å². The third-order valence-electron chi connectivity index (χ3n) is 4.64. The molecule has 1 aliphatic rings. The van der Waals surface area contributed by atoms with Gasteiger partial charge in [-0.1, -0.05) is 36.4 Å². The number of carbonyl (C=O) groups is 2. The maximum atomic E-state index is 12.8. The molecule has 1 saturated heterocycles. The molecule has 2 aromatic rings. The van der Waals surface area contributed by atoms with Crippen LogP contribution < -0.4 is 5.32 Å². The number of amides is 2. The lowest BCUT2D eigenvalue weighted by Crippen LogP contribution is -2.50. The summed E-state index contributed by atoms with van der Waals surface area (Å²) in [5, 5.41) is 4.56. The van der Waals surface area contributed by atoms with Crippen LogP contribution in [0, 0.1) is 0 Å². The Bertz CT molecular complexity index is 906. The fourth-order valence-corrected chi connectivity index (χ4v) is 5.77. The van der Waals surface area contributed by atoms with Crippen LogP contribution >= 0.6 is 11.3 Å². The van der Waals surface area contributed by atoms with Crippen molar-refractivity contribution in [2.45, 2.75) is 23.6 Å². The minimum atomic E-state index is -3.49. The highest BCUT2D eigenvalue weighted by Crippen LogP contribution is 2.23. The fraction of sp³-hybridized carbons (Fsp3) is 0.368. The molecule has 0 saturated carbocycles. The second kappa shape index (κ2) is 8.85. The normalized spacial score (nSPS) is 16.5. The van der Waals surface area contributed by atoms with Gasteiger partial charge in [-0.15, -0.1) is 11.3 Å². The van der Waals surface area contributed by atoms with E-state index in [4.69, 9.17) is 0 Å². The third kappa shape index (κ3) is 4.78. The van der Waals surface area contributed by atoms with Gasteiger partial charge >= 0.3 is 0 Å². The van der Waals surface area contributed by atoms with Gasteiger partial charge in [0.15, 0.2) is 0 Å². The molecule has 1 aromatic heterocycles. The van der Waals surface area contributed by atoms with Crippen molar-refractivity contribution >= 4 is 33.2 Å². The minimum Gasteiger partial charge on any atom is -0.349 e. The first kappa shape index (κ1) is 20.5. The number of piperazine rings is 1. The van der Waals surface area contributed by atoms with E-state index in [-0.39, 0.29) is 31.3 Å². The summed E-state index contributed by atoms with van der Waals surface area (Å²) in [4.78, 5) is 26.0. The summed E-state index contributed by atoms with van der Waals surface area (Å²) >= 11 is 1.19. The molecule has 1 aromatic carbocycles. The van der Waals surface area contributed by atoms with E-state index < -0.39 is 16.1 Å². The molecular formula is C19H23N3O4S2. The van der Waals surface area contributed by atoms with Crippen LogP contribution in [-0.2, 0) is 19.6 Å². The Morgan fingerprint density at radius 1 is 1.07 bits per heavy atom. The van der Waals surface area contributed by atoms with Crippen molar-refractivity contribution in [3.63, 3.8) is 0 Å². The molecule has 2 heterocycles. The van der Waals surface area contributed by atoms with E-state index in [1.54, 1.807) is 22.4 Å². The lowest BCUT2D eigenvalue weighted by Gasteiger charge is -2.34. The Hall–Kier alpha value is -2.23. The first-order valence-electron chi connectivity index (χ1n) is 9.01. The van der Waals surface area contributed by atoms with E-state index in [2.05, 4.69) is 5.32 Å². The number of nitrogens with zero attached hydrogens (tertiary/aromatic N) is 2. The summed E-state index contributed by atoms with van der Waals surface area (Å²) in [5.74, 6) is -0.302. The molecule has 9 heteroatoms. The third-order valence-corrected chi connectivity index (χ3v) is 7.91. The van der Waals surface area contributed by atoms with Crippen molar-refractivity contribution < 1.29 is 18.0 Å². The summed E-state index contributed by atoms with van der Waals surface area (Å²) in [6.45, 7) is 2.63. The van der Waals surface area contributed by atoms with Crippen molar-refractivity contribution in [2.24, 2.45) is 0 Å². The maximum absolute atomic E-state index is 12.8. The first-order chi connectivity index (χ1) is 13.4. The lowest BCUT2D eigenvalue weighted by atomic mass is 10.0. The van der Waals surface area contributed by atoms with Crippen molar-refractivity contribution in [3.8, 4) is 0 Å². The van der Waals surface area contributed by atoms with Crippen molar-refractivity contribution in [1.29, 1.82) is 0 Å². The molecule has 1 fully saturated rings. The molecule has 3 rings (SSSR count). The van der Waals surface area contributed by atoms with Crippen molar-refractivity contribution in [1.82, 2.24) is 14.5 Å². The standard InChI is InChI=1S/C19H23N3O4S2/c1-15(23)20-17(16-6-3-2-4-7-16)14-18(24)21-9-11-22(12-10-21)28(25,26)19-8-5-13-27-19/h2-8,13,17H,9-12,14H2,1H3,(H,20,23)/t17-/m0/s1. The highest BCUT2D eigenvalue weighted by Gasteiger charge is 2.31. The Kier molecular flexibility index (Phi) is 6.48. The van der Waals surface area contributed by atoms with Crippen LogP contribution in [0.3, 0.4) is 0 Å². The van der Waals surface area contributed by atoms with Crippen LogP contribution in [0.1, 0.15) is 24.9 Å². The topological polar surface area (TPSA) is 86.8 Å². The van der Waals surface area contributed by atoms with E-state index in [1.165, 1.54) is 22.6 Å². The zero-order valence-corrected chi connectivity index (χ0v) is 17.2. The summed E-state index contributed by atoms with van der Waals surface area (Å²) in [7, 11) is -3.49. The highest BCUT2D eigenvalue weighted by atomic mass is 32.2. The molecule has 28 heavy (non-hydrogen) atoms. The van der Waals surface area contributed by atoms with Crippen molar-refractivity contribution in [2.75, 3.05) is 26.2 Å². The molecule has 0 unspecified atom stereocenters. The SMILES string of the molecule is CC(=O)N[C@@H](CC(=O)N1CCN(S(=O)(=O)c2cccs2)CC1)c1ccccc1. The largest absolute Gasteiger partial charge is 0.349 e. The molecule has 0 bridgehead atoms. The average Bonchev–Trinajstić information content (AvgIpc) is 3.23. The van der Waals surface area contributed by atoms with Gasteiger partial charge in [-0.25, -0.2) is 8.42 Å². The zero-order chi connectivity index (χ0) is 20.1. The van der Waals surface area contributed by atoms with E-state index in [0.717, 1.165) is 5.56 Å². The van der Waals surface area contributed by atoms with Crippen LogP contribution in [0.2, 0.25) is 0 Å². The number of nitrogens with one attached hydrogen (secondary N) is 1. The quantitative estimate of drug-likeness (QED) is 0.771. The lowest BCUT2D eigenvalue weighted by molar-refractivity contribution is -0.133. The molecule has 1 N–H and O–H groups in total. The molecule has 2 amide bonds. The smallest absolute Gasteiger partial charge is 0.252 e. The Morgan fingerprint density at radius 3 is 2.32 bits per heavy atom. The zero-order valence-electron chi connectivity index (χ0n) is 15.6. The second-order valence-electron chi connectivity index (χ2n) is 6.58. The predicted molar refractivity (Wildman–Crippen MR) is 107 cm³/mol. The van der Waals surface area contributed by atoms with Gasteiger partial charge in [0.1, 0.15) is 4.21 Å². The Morgan fingerprint density at radius 2 is 1.75 bits per heavy atom. The predicted octanol–water partition coefficient (Wildman–Crippen LogP) is 1.85. The van der Waals surface area contributed by atoms with Gasteiger partial charge in [0.2, 0.25) is 11.8 Å². The monoisotopic (exact) mass is 421 g/mol. The molecule has 0 spiro atoms. The number of hydrogen-bond acceptors (Lipinski definition) is 5. The second-order valence-corrected chi connectivity index (χ2v) is 9.70. The maximum Gasteiger partial charge on any atom is 0.252 e. The number of rotatable bonds is 6. The average molecular weight is 422 g/mol. The van der Waals surface area contributed by atoms with Gasteiger partial charge < -0.3 is 10.2 Å². The van der Waals surface area contributed by atoms with Gasteiger partial charge in [0.25, 0.3) is 10.0 Å². The molecule has 0 radical (unpaired) electrons. The molecule has 1 aliphatic heterocycles. The van der Waals surface area contributed by atoms with Crippen LogP contribution in [0.25, 0.3) is 0 Å². The molecular weight excluding hydrogens is 398 g/mol. The van der Waals surface area contributed by atoms with Crippen LogP contribution in [0.5, 0.6) is 0 Å². The van der Waals surface area contributed by atoms with E-state index in [9.17, 15) is 18.0 Å². The van der Waals surface area contributed by atoms with Crippen LogP contribution in [-0.4, -0.2) is 55.6 Å². The van der Waals surface area contributed by atoms with Crippen molar-refractivity contribution in [3.05, 3.63) is 53.4 Å². The van der Waals surface area contributed by atoms with Crippen LogP contribution in [0.15, 0.2) is 52.1 Å². The van der Waals surface area contributed by atoms with Gasteiger partial charge in [-0.2, -0.15) is 4.31 Å². The number of sulfonamides is 1. The van der Waals surface area contributed by atoms with Gasteiger partial charge in [0, 0.05) is 33.1 Å². The van der Waals surface area contributed by atoms with Crippen LogP contribution in [0.4, 0.5) is 0 Å². The Balaban J connectivity index is 1.62. The van der Waals surface area contributed by atoms with E-state index in [0.29, 0.717) is 17.3 Å². The minimum absolute atomic E-state index is 0.101. The summed E-state index contributed by atoms with van der Waals surface area (Å²) in [5.41, 5.74) is 0.866. The molecule has 7 nitrogen and oxygen atoms in total. The molecule has 1 atom stereocenters. The summed E-state index contributed by atoms with van der Waals surface area (Å²) < 4.78 is 26.9. The van der Waals surface area contributed by atoms with Gasteiger partial charge in [-0.3, -0.25) is 9.59 Å². The number of benzene rings is 1. The number of carbonyl (C=O) groups excluding carboxylic acids is 2. The molecule has 0 aliphatic carbocycles. The highest BCUT2D eigenvalue weighted by molar-refractivity contribution is 7.91. The number of hydrogen-bond donors (Lipinski definition) is 1. The Labute approximate surface area is 169 Å². The van der Waals surface area contributed by atoms with E-state index in [1.807, 2.05) is 30.3 Å². The van der Waals surface area contributed by atoms with E-state index >= 15 is 0 Å². The molecule has 150 valence electrons. The number of thiophene rings is 1. The first-order valence-corrected chi connectivity index (χ1v) is 11.3. The fourth-order valence-electron chi connectivity index (χ4n) is 3.20. The summed E-state index contributed by atoms with van der Waals surface area (Å²) in [6.07, 6.45) is 0.140. The summed E-state index contributed by atoms with van der Waals surface area (Å²) in [6, 6.07) is 12.3. The van der Waals surface area contributed by atoms with Gasteiger partial charge in [0.05, 0.1) is 12.5 Å².